The van der Waals surface area contributed by atoms with Crippen LogP contribution in [-0.4, -0.2) is 30.3 Å². The number of aromatic nitrogens is 2. The van der Waals surface area contributed by atoms with Gasteiger partial charge in [-0.1, -0.05) is 47.6 Å². The Morgan fingerprint density at radius 2 is 1.86 bits per heavy atom. The summed E-state index contributed by atoms with van der Waals surface area (Å²) in [5, 5.41) is 9.31. The molecule has 1 atom stereocenters. The lowest BCUT2D eigenvalue weighted by Crippen LogP contribution is -2.23. The summed E-state index contributed by atoms with van der Waals surface area (Å²) < 4.78 is 30.2. The molecular weight excluding hydrogens is 392 g/mol. The van der Waals surface area contributed by atoms with Gasteiger partial charge in [0, 0.05) is 5.69 Å². The third kappa shape index (κ3) is 5.27. The molecular formula is C20H22N4O4S. The first-order chi connectivity index (χ1) is 13.7. The molecule has 3 N–H and O–H groups in total. The largest absolute Gasteiger partial charge is 0.411 e. The topological polar surface area (TPSA) is 128 Å². The summed E-state index contributed by atoms with van der Waals surface area (Å²) in [6.45, 7) is 3.70. The van der Waals surface area contributed by atoms with Crippen molar-refractivity contribution < 1.29 is 17.6 Å². The molecule has 0 aliphatic heterocycles. The van der Waals surface area contributed by atoms with E-state index < -0.39 is 32.8 Å². The van der Waals surface area contributed by atoms with Gasteiger partial charge in [0.15, 0.2) is 0 Å². The van der Waals surface area contributed by atoms with E-state index in [0.717, 1.165) is 16.7 Å². The maximum atomic E-state index is 12.5. The van der Waals surface area contributed by atoms with Gasteiger partial charge in [0.25, 0.3) is 0 Å². The van der Waals surface area contributed by atoms with Gasteiger partial charge in [0.05, 0.1) is 6.04 Å². The Kier molecular flexibility index (Phi) is 6.09. The monoisotopic (exact) mass is 414 g/mol. The number of amides is 1. The predicted molar refractivity (Wildman–Crippen MR) is 108 cm³/mol. The Labute approximate surface area is 169 Å². The molecule has 1 unspecified atom stereocenters. The fourth-order valence-electron chi connectivity index (χ4n) is 2.74. The minimum atomic E-state index is -4.10. The summed E-state index contributed by atoms with van der Waals surface area (Å²) in [5.41, 5.74) is 9.33. The molecule has 1 amide bonds. The second-order valence-electron chi connectivity index (χ2n) is 6.83. The average molecular weight is 414 g/mol. The highest BCUT2D eigenvalue weighted by atomic mass is 32.2. The summed E-state index contributed by atoms with van der Waals surface area (Å²) in [4.78, 5) is 12.2. The van der Waals surface area contributed by atoms with Gasteiger partial charge < -0.3 is 15.5 Å². The molecule has 1 aromatic heterocycles. The van der Waals surface area contributed by atoms with Crippen molar-refractivity contribution in [2.45, 2.75) is 31.5 Å². The summed E-state index contributed by atoms with van der Waals surface area (Å²) in [5.74, 6) is -1.50. The first kappa shape index (κ1) is 20.7. The molecule has 152 valence electrons. The maximum absolute atomic E-state index is 12.5. The molecule has 0 radical (unpaired) electrons. The van der Waals surface area contributed by atoms with Gasteiger partial charge in [-0.05, 0) is 43.0 Å². The molecule has 0 fully saturated rings. The van der Waals surface area contributed by atoms with Gasteiger partial charge in [0.2, 0.25) is 21.6 Å². The Morgan fingerprint density at radius 1 is 1.14 bits per heavy atom. The zero-order valence-electron chi connectivity index (χ0n) is 16.1. The van der Waals surface area contributed by atoms with Crippen molar-refractivity contribution in [3.8, 4) is 0 Å². The van der Waals surface area contributed by atoms with Crippen LogP contribution in [0.15, 0.2) is 58.2 Å². The number of hydrogen-bond donors (Lipinski definition) is 2. The van der Waals surface area contributed by atoms with Crippen molar-refractivity contribution in [2.24, 2.45) is 5.73 Å². The Hall–Kier alpha value is -3.04. The van der Waals surface area contributed by atoms with Crippen molar-refractivity contribution in [3.63, 3.8) is 0 Å². The number of aryl methyl sites for hydroxylation is 2. The predicted octanol–water partition coefficient (Wildman–Crippen LogP) is 2.34. The number of sulfone groups is 1. The van der Waals surface area contributed by atoms with Gasteiger partial charge >= 0.3 is 5.22 Å². The SMILES string of the molecule is Cc1ccc(C)c(NC(=O)CS(=O)(=O)c2nnc(C(N)Cc3ccccc3)o2)c1. The number of benzene rings is 2. The Balaban J connectivity index is 1.68. The molecule has 0 aliphatic carbocycles. The fraction of sp³-hybridized carbons (Fsp3) is 0.250. The van der Waals surface area contributed by atoms with Crippen molar-refractivity contribution in [1.29, 1.82) is 0 Å². The van der Waals surface area contributed by atoms with Crippen molar-refractivity contribution in [1.82, 2.24) is 10.2 Å². The number of nitrogens with zero attached hydrogens (tertiary/aromatic N) is 2. The molecule has 3 rings (SSSR count). The normalized spacial score (nSPS) is 12.5. The van der Waals surface area contributed by atoms with Crippen molar-refractivity contribution >= 4 is 21.4 Å². The van der Waals surface area contributed by atoms with E-state index in [1.807, 2.05) is 56.3 Å². The standard InChI is InChI=1S/C20H22N4O4S/c1-13-8-9-14(2)17(10-13)22-18(25)12-29(26,27)20-24-23-19(28-20)16(21)11-15-6-4-3-5-7-15/h3-10,16H,11-12,21H2,1-2H3,(H,22,25). The lowest BCUT2D eigenvalue weighted by Gasteiger charge is -2.09. The van der Waals surface area contributed by atoms with Crippen LogP contribution in [0, 0.1) is 13.8 Å². The molecule has 0 aliphatic rings. The minimum absolute atomic E-state index is 0.00219. The van der Waals surface area contributed by atoms with E-state index in [0.29, 0.717) is 12.1 Å². The zero-order valence-corrected chi connectivity index (χ0v) is 16.9. The lowest BCUT2D eigenvalue weighted by molar-refractivity contribution is -0.113. The van der Waals surface area contributed by atoms with Crippen LogP contribution in [0.1, 0.15) is 28.6 Å². The molecule has 1 heterocycles. The first-order valence-electron chi connectivity index (χ1n) is 8.97. The number of hydrogen-bond acceptors (Lipinski definition) is 7. The molecule has 29 heavy (non-hydrogen) atoms. The molecule has 2 aromatic carbocycles. The molecule has 0 bridgehead atoms. The smallest absolute Gasteiger partial charge is 0.336 e. The summed E-state index contributed by atoms with van der Waals surface area (Å²) >= 11 is 0. The van der Waals surface area contributed by atoms with E-state index in [-0.39, 0.29) is 5.89 Å². The van der Waals surface area contributed by atoms with Gasteiger partial charge in [-0.25, -0.2) is 8.42 Å². The number of carbonyl (C=O) groups excluding carboxylic acids is 1. The van der Waals surface area contributed by atoms with Gasteiger partial charge in [-0.2, -0.15) is 0 Å². The Bertz CT molecular complexity index is 1110. The summed E-state index contributed by atoms with van der Waals surface area (Å²) in [6, 6.07) is 14.3. The van der Waals surface area contributed by atoms with Crippen LogP contribution in [0.3, 0.4) is 0 Å². The lowest BCUT2D eigenvalue weighted by atomic mass is 10.1. The molecule has 3 aromatic rings. The van der Waals surface area contributed by atoms with Crippen LogP contribution < -0.4 is 11.1 Å². The third-order valence-corrected chi connectivity index (χ3v) is 5.63. The number of rotatable bonds is 7. The zero-order chi connectivity index (χ0) is 21.0. The molecule has 0 spiro atoms. The summed E-state index contributed by atoms with van der Waals surface area (Å²) in [6.07, 6.45) is 0.412. The number of anilines is 1. The molecule has 9 heteroatoms. The van der Waals surface area contributed by atoms with Crippen LogP contribution in [-0.2, 0) is 21.1 Å². The highest BCUT2D eigenvalue weighted by Crippen LogP contribution is 2.19. The second-order valence-corrected chi connectivity index (χ2v) is 8.70. The number of carbonyl (C=O) groups is 1. The average Bonchev–Trinajstić information content (AvgIpc) is 3.16. The van der Waals surface area contributed by atoms with Crippen LogP contribution in [0.4, 0.5) is 5.69 Å². The first-order valence-corrected chi connectivity index (χ1v) is 10.6. The summed E-state index contributed by atoms with van der Waals surface area (Å²) in [7, 11) is -4.10. The molecule has 0 saturated heterocycles. The highest BCUT2D eigenvalue weighted by Gasteiger charge is 2.27. The minimum Gasteiger partial charge on any atom is -0.411 e. The van der Waals surface area contributed by atoms with E-state index in [1.54, 1.807) is 6.07 Å². The van der Waals surface area contributed by atoms with Crippen molar-refractivity contribution in [3.05, 3.63) is 71.1 Å². The number of nitrogens with one attached hydrogen (secondary N) is 1. The van der Waals surface area contributed by atoms with Crippen molar-refractivity contribution in [2.75, 3.05) is 11.1 Å². The second kappa shape index (κ2) is 8.54. The Morgan fingerprint density at radius 3 is 2.59 bits per heavy atom. The van der Waals surface area contributed by atoms with Gasteiger partial charge in [-0.15, -0.1) is 5.10 Å². The number of nitrogens with two attached hydrogens (primary N) is 1. The van der Waals surface area contributed by atoms with E-state index in [9.17, 15) is 13.2 Å². The van der Waals surface area contributed by atoms with Crippen LogP contribution in [0.2, 0.25) is 0 Å². The molecule has 8 nitrogen and oxygen atoms in total. The van der Waals surface area contributed by atoms with Gasteiger partial charge in [-0.3, -0.25) is 4.79 Å². The van der Waals surface area contributed by atoms with E-state index in [4.69, 9.17) is 10.2 Å². The van der Waals surface area contributed by atoms with Gasteiger partial charge in [0.1, 0.15) is 5.75 Å². The molecule has 0 saturated carbocycles. The highest BCUT2D eigenvalue weighted by molar-refractivity contribution is 7.91. The van der Waals surface area contributed by atoms with E-state index >= 15 is 0 Å². The van der Waals surface area contributed by atoms with Crippen LogP contribution in [0.5, 0.6) is 0 Å². The third-order valence-electron chi connectivity index (χ3n) is 4.29. The quantitative estimate of drug-likeness (QED) is 0.607. The van der Waals surface area contributed by atoms with Crippen LogP contribution in [0.25, 0.3) is 0 Å². The van der Waals surface area contributed by atoms with Crippen LogP contribution >= 0.6 is 0 Å². The van der Waals surface area contributed by atoms with E-state index in [2.05, 4.69) is 15.5 Å². The maximum Gasteiger partial charge on any atom is 0.336 e. The fourth-order valence-corrected chi connectivity index (χ4v) is 3.66. The van der Waals surface area contributed by atoms with E-state index in [1.165, 1.54) is 0 Å².